The Labute approximate surface area is 158 Å². The van der Waals surface area contributed by atoms with Crippen molar-refractivity contribution in [3.8, 4) is 11.5 Å². The van der Waals surface area contributed by atoms with Crippen LogP contribution in [0.4, 0.5) is 0 Å². The van der Waals surface area contributed by atoms with Crippen LogP contribution >= 0.6 is 0 Å². The summed E-state index contributed by atoms with van der Waals surface area (Å²) in [7, 11) is 3.84. The molecule has 0 spiro atoms. The largest absolute Gasteiger partial charge is 0.494 e. The number of H-pyrrole nitrogens is 1. The van der Waals surface area contributed by atoms with E-state index in [0.29, 0.717) is 29.7 Å². The molecule has 0 saturated heterocycles. The van der Waals surface area contributed by atoms with Gasteiger partial charge in [0.05, 0.1) is 24.2 Å². The lowest BCUT2D eigenvalue weighted by Gasteiger charge is -2.10. The highest BCUT2D eigenvalue weighted by Crippen LogP contribution is 2.23. The first-order valence-corrected chi connectivity index (χ1v) is 9.37. The van der Waals surface area contributed by atoms with Crippen molar-refractivity contribution in [1.82, 2.24) is 15.6 Å². The molecule has 3 aromatic rings. The topological polar surface area (TPSA) is 75.4 Å². The summed E-state index contributed by atoms with van der Waals surface area (Å²) in [6.07, 6.45) is 1.85. The summed E-state index contributed by atoms with van der Waals surface area (Å²) in [4.78, 5) is 16.2. The summed E-state index contributed by atoms with van der Waals surface area (Å²) < 4.78 is 11.5. The zero-order valence-corrected chi connectivity index (χ0v) is 15.9. The van der Waals surface area contributed by atoms with Crippen molar-refractivity contribution in [2.75, 3.05) is 40.4 Å². The van der Waals surface area contributed by atoms with E-state index in [1.165, 1.54) is 0 Å². The molecule has 1 heterocycles. The van der Waals surface area contributed by atoms with Gasteiger partial charge in [-0.1, -0.05) is 0 Å². The molecule has 0 aliphatic rings. The highest BCUT2D eigenvalue weighted by molar-refractivity contribution is 5.93. The minimum Gasteiger partial charge on any atom is -0.494 e. The molecule has 2 aromatic carbocycles. The molecule has 3 rings (SSSR count). The molecule has 0 unspecified atom stereocenters. The fourth-order valence-corrected chi connectivity index (χ4v) is 2.99. The Balaban J connectivity index is 1.83. The fourth-order valence-electron chi connectivity index (χ4n) is 2.99. The first-order valence-electron chi connectivity index (χ1n) is 9.37. The molecule has 6 nitrogen and oxygen atoms in total. The van der Waals surface area contributed by atoms with Crippen LogP contribution < -0.4 is 25.5 Å². The van der Waals surface area contributed by atoms with Crippen LogP contribution in [0.3, 0.4) is 0 Å². The average molecular weight is 369 g/mol. The van der Waals surface area contributed by atoms with Crippen molar-refractivity contribution < 1.29 is 9.47 Å². The summed E-state index contributed by atoms with van der Waals surface area (Å²) in [5.74, 6) is 1.48. The van der Waals surface area contributed by atoms with Gasteiger partial charge >= 0.3 is 0 Å². The molecule has 0 bridgehead atoms. The van der Waals surface area contributed by atoms with Gasteiger partial charge in [-0.2, -0.15) is 0 Å². The van der Waals surface area contributed by atoms with Gasteiger partial charge in [0.25, 0.3) is 0 Å². The van der Waals surface area contributed by atoms with Crippen LogP contribution in [0.1, 0.15) is 12.8 Å². The molecule has 0 atom stereocenters. The minimum atomic E-state index is 0.00107. The van der Waals surface area contributed by atoms with E-state index in [4.69, 9.17) is 9.47 Å². The van der Waals surface area contributed by atoms with Crippen LogP contribution in [0.5, 0.6) is 11.5 Å². The number of hydrogen-bond acceptors (Lipinski definition) is 5. The smallest absolute Gasteiger partial charge is 0.197 e. The second-order valence-corrected chi connectivity index (χ2v) is 6.48. The highest BCUT2D eigenvalue weighted by atomic mass is 16.5. The van der Waals surface area contributed by atoms with Gasteiger partial charge in [-0.25, -0.2) is 0 Å². The van der Waals surface area contributed by atoms with Gasteiger partial charge in [0.2, 0.25) is 0 Å². The van der Waals surface area contributed by atoms with E-state index >= 15 is 0 Å². The van der Waals surface area contributed by atoms with E-state index in [-0.39, 0.29) is 5.43 Å². The van der Waals surface area contributed by atoms with Crippen LogP contribution in [0.25, 0.3) is 21.8 Å². The van der Waals surface area contributed by atoms with Gasteiger partial charge in [0.1, 0.15) is 11.5 Å². The van der Waals surface area contributed by atoms with Crippen molar-refractivity contribution in [3.05, 3.63) is 46.6 Å². The Morgan fingerprint density at radius 1 is 0.815 bits per heavy atom. The lowest BCUT2D eigenvalue weighted by molar-refractivity contribution is 0.310. The summed E-state index contributed by atoms with van der Waals surface area (Å²) >= 11 is 0. The molecule has 1 aromatic heterocycles. The van der Waals surface area contributed by atoms with Crippen molar-refractivity contribution in [3.63, 3.8) is 0 Å². The number of rotatable bonds is 10. The van der Waals surface area contributed by atoms with E-state index < -0.39 is 0 Å². The first-order chi connectivity index (χ1) is 13.2. The lowest BCUT2D eigenvalue weighted by Crippen LogP contribution is -2.12. The second kappa shape index (κ2) is 9.39. The number of ether oxygens (including phenoxy) is 2. The van der Waals surface area contributed by atoms with E-state index in [9.17, 15) is 4.79 Å². The number of benzene rings is 2. The molecule has 3 N–H and O–H groups in total. The number of aromatic amines is 1. The maximum Gasteiger partial charge on any atom is 0.197 e. The molecule has 0 saturated carbocycles. The molecule has 0 amide bonds. The summed E-state index contributed by atoms with van der Waals surface area (Å²) in [5, 5.41) is 7.47. The maximum absolute atomic E-state index is 12.9. The molecule has 6 heteroatoms. The van der Waals surface area contributed by atoms with Gasteiger partial charge in [0, 0.05) is 16.8 Å². The standard InChI is InChI=1S/C21H27N3O3/c1-22-9-3-11-26-15-6-8-19-18(13-15)21(25)17-7-5-16(14-20(17)24-19)27-12-4-10-23-2/h5-8,13-14,22-23H,3-4,9-12H2,1-2H3,(H,24,25). The Kier molecular flexibility index (Phi) is 6.68. The predicted octanol–water partition coefficient (Wildman–Crippen LogP) is 2.66. The van der Waals surface area contributed by atoms with Crippen LogP contribution in [0, 0.1) is 0 Å². The zero-order chi connectivity index (χ0) is 19.1. The van der Waals surface area contributed by atoms with E-state index in [1.807, 2.05) is 50.5 Å². The van der Waals surface area contributed by atoms with Crippen molar-refractivity contribution in [2.45, 2.75) is 12.8 Å². The maximum atomic E-state index is 12.9. The monoisotopic (exact) mass is 369 g/mol. The van der Waals surface area contributed by atoms with Crippen molar-refractivity contribution in [1.29, 1.82) is 0 Å². The van der Waals surface area contributed by atoms with Crippen molar-refractivity contribution >= 4 is 21.8 Å². The van der Waals surface area contributed by atoms with Crippen LogP contribution in [0.15, 0.2) is 41.2 Å². The highest BCUT2D eigenvalue weighted by Gasteiger charge is 2.08. The fraction of sp³-hybridized carbons (Fsp3) is 0.381. The van der Waals surface area contributed by atoms with Crippen LogP contribution in [-0.4, -0.2) is 45.4 Å². The number of aromatic nitrogens is 1. The third kappa shape index (κ3) is 4.78. The molecule has 0 radical (unpaired) electrons. The molecule has 27 heavy (non-hydrogen) atoms. The molecule has 0 aliphatic carbocycles. The van der Waals surface area contributed by atoms with Crippen molar-refractivity contribution in [2.24, 2.45) is 0 Å². The van der Waals surface area contributed by atoms with Gasteiger partial charge in [-0.3, -0.25) is 4.79 Å². The third-order valence-electron chi connectivity index (χ3n) is 4.42. The molecular weight excluding hydrogens is 342 g/mol. The predicted molar refractivity (Wildman–Crippen MR) is 110 cm³/mol. The normalized spacial score (nSPS) is 11.2. The quantitative estimate of drug-likeness (QED) is 0.378. The molecule has 0 fully saturated rings. The van der Waals surface area contributed by atoms with Gasteiger partial charge in [-0.15, -0.1) is 0 Å². The Bertz CT molecular complexity index is 952. The molecule has 144 valence electrons. The average Bonchev–Trinajstić information content (AvgIpc) is 2.69. The van der Waals surface area contributed by atoms with Gasteiger partial charge in [0.15, 0.2) is 5.43 Å². The number of nitrogens with one attached hydrogen (secondary N) is 3. The number of fused-ring (bicyclic) bond motifs is 2. The second-order valence-electron chi connectivity index (χ2n) is 6.48. The first kappa shape index (κ1) is 19.2. The van der Waals surface area contributed by atoms with E-state index in [0.717, 1.165) is 42.7 Å². The zero-order valence-electron chi connectivity index (χ0n) is 15.9. The Morgan fingerprint density at radius 2 is 1.44 bits per heavy atom. The van der Waals surface area contributed by atoms with E-state index in [2.05, 4.69) is 15.6 Å². The number of hydrogen-bond donors (Lipinski definition) is 3. The summed E-state index contributed by atoms with van der Waals surface area (Å²) in [5.41, 5.74) is 1.57. The van der Waals surface area contributed by atoms with Crippen LogP contribution in [0.2, 0.25) is 0 Å². The lowest BCUT2D eigenvalue weighted by atomic mass is 10.1. The van der Waals surface area contributed by atoms with Gasteiger partial charge in [-0.05, 0) is 70.4 Å². The van der Waals surface area contributed by atoms with Gasteiger partial charge < -0.3 is 25.1 Å². The van der Waals surface area contributed by atoms with Crippen LogP contribution in [-0.2, 0) is 0 Å². The number of pyridine rings is 1. The SMILES string of the molecule is CNCCCOc1ccc2c(=O)c3cc(OCCCNC)ccc3[nH]c2c1. The third-order valence-corrected chi connectivity index (χ3v) is 4.42. The summed E-state index contributed by atoms with van der Waals surface area (Å²) in [6, 6.07) is 11.2. The minimum absolute atomic E-state index is 0.00107. The Hall–Kier alpha value is -2.57. The Morgan fingerprint density at radius 3 is 2.11 bits per heavy atom. The summed E-state index contributed by atoms with van der Waals surface area (Å²) in [6.45, 7) is 3.07. The molecular formula is C21H27N3O3. The molecule has 0 aliphatic heterocycles. The van der Waals surface area contributed by atoms with E-state index in [1.54, 1.807) is 0 Å².